The third kappa shape index (κ3) is 8.19. The minimum atomic E-state index is -4.33. The van der Waals surface area contributed by atoms with E-state index >= 15 is 0 Å². The zero-order chi connectivity index (χ0) is 36.7. The van der Waals surface area contributed by atoms with Crippen LogP contribution in [-0.4, -0.2) is 29.3 Å². The van der Waals surface area contributed by atoms with E-state index in [9.17, 15) is 21.6 Å². The maximum atomic E-state index is 14.0. The Morgan fingerprint density at radius 2 is 1.37 bits per heavy atom. The molecule has 0 fully saturated rings. The second kappa shape index (κ2) is 15.4. The van der Waals surface area contributed by atoms with Crippen LogP contribution in [0.15, 0.2) is 98.7 Å². The van der Waals surface area contributed by atoms with Crippen molar-refractivity contribution in [3.63, 3.8) is 0 Å². The summed E-state index contributed by atoms with van der Waals surface area (Å²) in [6.07, 6.45) is 0. The maximum absolute atomic E-state index is 14.0. The number of hydrogen-bond donors (Lipinski definition) is 2. The first-order valence-corrected chi connectivity index (χ1v) is 21.9. The quantitative estimate of drug-likeness (QED) is 0.126. The molecule has 3 aromatic heterocycles. The van der Waals surface area contributed by atoms with Crippen molar-refractivity contribution < 1.29 is 21.6 Å². The van der Waals surface area contributed by atoms with Crippen molar-refractivity contribution in [3.8, 4) is 20.9 Å². The highest BCUT2D eigenvalue weighted by molar-refractivity contribution is 7.95. The molecule has 0 aliphatic heterocycles. The molecule has 3 heterocycles. The molecule has 0 unspecified atom stereocenters. The summed E-state index contributed by atoms with van der Waals surface area (Å²) in [6.45, 7) is -0.598. The van der Waals surface area contributed by atoms with Crippen LogP contribution in [0, 0.1) is 0 Å². The summed E-state index contributed by atoms with van der Waals surface area (Å²) in [6, 6.07) is 20.4. The van der Waals surface area contributed by atoms with Crippen LogP contribution in [-0.2, 0) is 24.8 Å². The molecule has 6 rings (SSSR count). The first-order chi connectivity index (χ1) is 24.2. The van der Waals surface area contributed by atoms with E-state index in [1.54, 1.807) is 71.4 Å². The maximum Gasteiger partial charge on any atom is 0.274 e. The first kappa shape index (κ1) is 38.2. The fraction of sp³-hybridized carbons (Fsp3) is 0.0312. The summed E-state index contributed by atoms with van der Waals surface area (Å²) >= 11 is 40.2. The van der Waals surface area contributed by atoms with Crippen molar-refractivity contribution in [2.75, 3.05) is 20.9 Å². The van der Waals surface area contributed by atoms with Gasteiger partial charge < -0.3 is 5.32 Å². The van der Waals surface area contributed by atoms with Crippen LogP contribution in [0.1, 0.15) is 0 Å². The molecule has 264 valence electrons. The highest BCUT2D eigenvalue weighted by Crippen LogP contribution is 2.44. The number of sulfonamides is 2. The van der Waals surface area contributed by atoms with Gasteiger partial charge in [-0.15, -0.1) is 34.0 Å². The molecule has 1 amide bonds. The average molecular weight is 899 g/mol. The van der Waals surface area contributed by atoms with Crippen LogP contribution in [0.2, 0.25) is 29.4 Å². The largest absolute Gasteiger partial charge is 0.325 e. The van der Waals surface area contributed by atoms with E-state index in [1.165, 1.54) is 40.9 Å². The van der Waals surface area contributed by atoms with E-state index in [2.05, 4.69) is 10.0 Å². The Labute approximate surface area is 335 Å². The Kier molecular flexibility index (Phi) is 11.6. The zero-order valence-corrected chi connectivity index (χ0v) is 33.8. The van der Waals surface area contributed by atoms with Crippen molar-refractivity contribution in [3.05, 3.63) is 119 Å². The minimum absolute atomic E-state index is 0.0296. The van der Waals surface area contributed by atoms with Gasteiger partial charge in [0.2, 0.25) is 5.91 Å². The summed E-state index contributed by atoms with van der Waals surface area (Å²) in [5.41, 5.74) is 2.13. The topological polar surface area (TPSA) is 113 Å². The smallest absolute Gasteiger partial charge is 0.274 e. The van der Waals surface area contributed by atoms with Gasteiger partial charge in [-0.25, -0.2) is 16.8 Å². The lowest BCUT2D eigenvalue weighted by Gasteiger charge is -2.24. The van der Waals surface area contributed by atoms with E-state index in [-0.39, 0.29) is 39.2 Å². The number of benzene rings is 3. The molecule has 8 nitrogen and oxygen atoms in total. The van der Waals surface area contributed by atoms with E-state index in [0.29, 0.717) is 37.3 Å². The molecule has 2 N–H and O–H groups in total. The Bertz CT molecular complexity index is 2480. The SMILES string of the molecule is O=C(CN(c1ccsc1-c1ccccc1Cl)S(=O)(=O)c1cc(Cl)c(Cl)s1)Nc1ccc(-c2sccc2NS(=O)(=O)c2cc(Cl)c(Cl)cc2Cl)cc1. The van der Waals surface area contributed by atoms with Crippen LogP contribution >= 0.6 is 104 Å². The highest BCUT2D eigenvalue weighted by atomic mass is 35.5. The summed E-state index contributed by atoms with van der Waals surface area (Å²) in [4.78, 5) is 14.4. The Hall–Kier alpha value is -2.53. The molecule has 19 heteroatoms. The van der Waals surface area contributed by atoms with Gasteiger partial charge >= 0.3 is 0 Å². The van der Waals surface area contributed by atoms with Crippen molar-refractivity contribution in [1.29, 1.82) is 0 Å². The number of halogens is 6. The number of nitrogens with one attached hydrogen (secondary N) is 2. The second-order valence-corrected chi connectivity index (χ2v) is 19.7. The Morgan fingerprint density at radius 3 is 2.06 bits per heavy atom. The summed E-state index contributed by atoms with van der Waals surface area (Å²) in [5, 5.41) is 6.69. The van der Waals surface area contributed by atoms with Crippen molar-refractivity contribution in [2.45, 2.75) is 9.10 Å². The van der Waals surface area contributed by atoms with Gasteiger partial charge in [-0.1, -0.05) is 99.9 Å². The molecule has 0 atom stereocenters. The van der Waals surface area contributed by atoms with E-state index in [4.69, 9.17) is 69.6 Å². The molecule has 0 aliphatic rings. The van der Waals surface area contributed by atoms with Crippen LogP contribution < -0.4 is 14.3 Å². The molecule has 6 aromatic rings. The lowest BCUT2D eigenvalue weighted by molar-refractivity contribution is -0.114. The molecule has 3 aromatic carbocycles. The summed E-state index contributed by atoms with van der Waals surface area (Å²) in [5.74, 6) is -0.639. The van der Waals surface area contributed by atoms with Gasteiger partial charge in [0, 0.05) is 16.3 Å². The van der Waals surface area contributed by atoms with Crippen LogP contribution in [0.25, 0.3) is 20.9 Å². The number of amides is 1. The Balaban J connectivity index is 1.25. The number of carbonyl (C=O) groups excluding carboxylic acids is 1. The number of thiophene rings is 3. The molecule has 0 radical (unpaired) electrons. The molecule has 0 aliphatic carbocycles. The predicted molar refractivity (Wildman–Crippen MR) is 214 cm³/mol. The highest BCUT2D eigenvalue weighted by Gasteiger charge is 2.32. The fourth-order valence-electron chi connectivity index (χ4n) is 4.77. The Morgan fingerprint density at radius 1 is 0.706 bits per heavy atom. The third-order valence-electron chi connectivity index (χ3n) is 7.09. The zero-order valence-electron chi connectivity index (χ0n) is 25.2. The lowest BCUT2D eigenvalue weighted by atomic mass is 10.1. The monoisotopic (exact) mass is 895 g/mol. The van der Waals surface area contributed by atoms with Gasteiger partial charge in [0.15, 0.2) is 0 Å². The molecule has 0 spiro atoms. The normalized spacial score (nSPS) is 11.8. The predicted octanol–water partition coefficient (Wildman–Crippen LogP) is 11.8. The number of carbonyl (C=O) groups is 1. The van der Waals surface area contributed by atoms with E-state index in [0.717, 1.165) is 15.6 Å². The van der Waals surface area contributed by atoms with Crippen LogP contribution in [0.5, 0.6) is 0 Å². The van der Waals surface area contributed by atoms with Gasteiger partial charge in [0.1, 0.15) is 20.0 Å². The van der Waals surface area contributed by atoms with Gasteiger partial charge in [0.25, 0.3) is 20.0 Å². The number of hydrogen-bond acceptors (Lipinski definition) is 8. The first-order valence-electron chi connectivity index (χ1n) is 14.1. The minimum Gasteiger partial charge on any atom is -0.325 e. The average Bonchev–Trinajstić information content (AvgIpc) is 3.82. The molecule has 51 heavy (non-hydrogen) atoms. The standard InChI is InChI=1S/C32H19Cl6N3O5S5/c33-20-4-2-1-3-19(20)31-26(10-12-48-31)41(51(45,46)29-15-24(37)32(38)49-29)16-28(42)39-18-7-5-17(6-8-18)30-25(9-11-47-30)40-50(43,44)27-14-22(35)21(34)13-23(27)36/h1-15,40H,16H2,(H,39,42). The third-order valence-corrected chi connectivity index (χ3v) is 15.9. The van der Waals surface area contributed by atoms with Gasteiger partial charge in [-0.2, -0.15) is 0 Å². The van der Waals surface area contributed by atoms with Crippen LogP contribution in [0.4, 0.5) is 17.1 Å². The summed E-state index contributed by atoms with van der Waals surface area (Å²) in [7, 11) is -8.48. The van der Waals surface area contributed by atoms with Crippen molar-refractivity contribution in [2.24, 2.45) is 0 Å². The molecule has 0 bridgehead atoms. The van der Waals surface area contributed by atoms with Gasteiger partial charge in [-0.3, -0.25) is 13.8 Å². The van der Waals surface area contributed by atoms with E-state index < -0.39 is 32.5 Å². The van der Waals surface area contributed by atoms with Crippen molar-refractivity contribution >= 4 is 147 Å². The van der Waals surface area contributed by atoms with Gasteiger partial charge in [-0.05, 0) is 64.9 Å². The fourth-order valence-corrected chi connectivity index (χ4v) is 12.5. The number of anilines is 3. The lowest BCUT2D eigenvalue weighted by Crippen LogP contribution is -2.37. The molecule has 0 saturated heterocycles. The number of rotatable bonds is 11. The van der Waals surface area contributed by atoms with Crippen LogP contribution in [0.3, 0.4) is 0 Å². The molecular formula is C32H19Cl6N3O5S5. The molecular weight excluding hydrogens is 879 g/mol. The van der Waals surface area contributed by atoms with Gasteiger partial charge in [0.05, 0.1) is 41.2 Å². The summed E-state index contributed by atoms with van der Waals surface area (Å²) < 4.78 is 58.0. The molecule has 0 saturated carbocycles. The van der Waals surface area contributed by atoms with E-state index in [1.807, 2.05) is 0 Å². The van der Waals surface area contributed by atoms with Crippen molar-refractivity contribution in [1.82, 2.24) is 0 Å². The second-order valence-electron chi connectivity index (χ2n) is 10.4. The number of nitrogens with zero attached hydrogens (tertiary/aromatic N) is 1.